The average molecular weight is 212 g/mol. The minimum Gasteiger partial charge on any atom is -0.395 e. The predicted molar refractivity (Wildman–Crippen MR) is 59.7 cm³/mol. The molecule has 1 aromatic rings. The van der Waals surface area contributed by atoms with Crippen molar-refractivity contribution in [2.45, 2.75) is 12.8 Å². The first-order valence-corrected chi connectivity index (χ1v) is 6.31. The molecule has 0 aliphatic rings. The molecule has 0 saturated carbocycles. The Kier molecular flexibility index (Phi) is 5.49. The van der Waals surface area contributed by atoms with Gasteiger partial charge in [0, 0.05) is 22.3 Å². The molecule has 2 nitrogen and oxygen atoms in total. The minimum atomic E-state index is -0.844. The molecule has 0 spiro atoms. The number of rotatable bonds is 6. The third-order valence-electron chi connectivity index (χ3n) is 2.00. The largest absolute Gasteiger partial charge is 0.395 e. The zero-order chi connectivity index (χ0) is 10.2. The van der Waals surface area contributed by atoms with E-state index in [1.807, 2.05) is 18.2 Å². The molecule has 1 N–H and O–H groups in total. The summed E-state index contributed by atoms with van der Waals surface area (Å²) < 4.78 is 11.2. The topological polar surface area (TPSA) is 37.3 Å². The Morgan fingerprint density at radius 1 is 1.14 bits per heavy atom. The molecule has 0 radical (unpaired) electrons. The third kappa shape index (κ3) is 4.53. The SMILES string of the molecule is O=S(CCO)CCCc1ccccc1. The molecule has 0 aromatic heterocycles. The Balaban J connectivity index is 2.19. The van der Waals surface area contributed by atoms with Gasteiger partial charge in [-0.15, -0.1) is 0 Å². The monoisotopic (exact) mass is 212 g/mol. The maximum absolute atomic E-state index is 11.2. The second kappa shape index (κ2) is 6.74. The van der Waals surface area contributed by atoms with Crippen molar-refractivity contribution in [1.82, 2.24) is 0 Å². The van der Waals surface area contributed by atoms with Crippen LogP contribution in [-0.4, -0.2) is 27.4 Å². The first-order chi connectivity index (χ1) is 6.83. The minimum absolute atomic E-state index is 0.0257. The van der Waals surface area contributed by atoms with Crippen LogP contribution < -0.4 is 0 Å². The molecular formula is C11H16O2S. The second-order valence-corrected chi connectivity index (χ2v) is 4.86. The van der Waals surface area contributed by atoms with Gasteiger partial charge < -0.3 is 5.11 Å². The van der Waals surface area contributed by atoms with Crippen LogP contribution in [0, 0.1) is 0 Å². The lowest BCUT2D eigenvalue weighted by Crippen LogP contribution is -2.06. The molecule has 0 heterocycles. The highest BCUT2D eigenvalue weighted by molar-refractivity contribution is 7.84. The van der Waals surface area contributed by atoms with Gasteiger partial charge in [-0.2, -0.15) is 0 Å². The van der Waals surface area contributed by atoms with Crippen molar-refractivity contribution in [1.29, 1.82) is 0 Å². The van der Waals surface area contributed by atoms with Crippen molar-refractivity contribution < 1.29 is 9.32 Å². The Hall–Kier alpha value is -0.670. The molecule has 0 fully saturated rings. The van der Waals surface area contributed by atoms with Crippen molar-refractivity contribution in [3.8, 4) is 0 Å². The molecule has 0 aliphatic heterocycles. The lowest BCUT2D eigenvalue weighted by atomic mass is 10.1. The van der Waals surface area contributed by atoms with Gasteiger partial charge in [0.05, 0.1) is 6.61 Å². The maximum Gasteiger partial charge on any atom is 0.0546 e. The van der Waals surface area contributed by atoms with Gasteiger partial charge in [0.1, 0.15) is 0 Å². The zero-order valence-corrected chi connectivity index (χ0v) is 9.00. The predicted octanol–water partition coefficient (Wildman–Crippen LogP) is 1.36. The molecule has 0 saturated heterocycles. The lowest BCUT2D eigenvalue weighted by Gasteiger charge is -2.00. The summed E-state index contributed by atoms with van der Waals surface area (Å²) in [4.78, 5) is 0. The molecule has 14 heavy (non-hydrogen) atoms. The summed E-state index contributed by atoms with van der Waals surface area (Å²) in [5.41, 5.74) is 1.29. The molecule has 1 atom stereocenters. The Morgan fingerprint density at radius 3 is 2.50 bits per heavy atom. The summed E-state index contributed by atoms with van der Waals surface area (Å²) in [6.45, 7) is 0.0257. The lowest BCUT2D eigenvalue weighted by molar-refractivity contribution is 0.321. The summed E-state index contributed by atoms with van der Waals surface area (Å²) in [5, 5.41) is 8.56. The molecule has 1 unspecified atom stereocenters. The molecule has 0 aliphatic carbocycles. The van der Waals surface area contributed by atoms with Gasteiger partial charge in [0.15, 0.2) is 0 Å². The van der Waals surface area contributed by atoms with E-state index in [1.165, 1.54) is 5.56 Å². The van der Waals surface area contributed by atoms with Crippen LogP contribution in [0.2, 0.25) is 0 Å². The van der Waals surface area contributed by atoms with E-state index in [2.05, 4.69) is 12.1 Å². The zero-order valence-electron chi connectivity index (χ0n) is 8.19. The van der Waals surface area contributed by atoms with E-state index in [4.69, 9.17) is 5.11 Å². The second-order valence-electron chi connectivity index (χ2n) is 3.16. The van der Waals surface area contributed by atoms with E-state index in [9.17, 15) is 4.21 Å². The van der Waals surface area contributed by atoms with Crippen LogP contribution in [0.15, 0.2) is 30.3 Å². The van der Waals surface area contributed by atoms with Crippen LogP contribution in [0.25, 0.3) is 0 Å². The molecule has 0 amide bonds. The highest BCUT2D eigenvalue weighted by Gasteiger charge is 1.98. The standard InChI is InChI=1S/C11H16O2S/c12-8-10-14(13)9-4-7-11-5-2-1-3-6-11/h1-3,5-6,12H,4,7-10H2. The number of benzene rings is 1. The summed E-state index contributed by atoms with van der Waals surface area (Å²) >= 11 is 0. The molecule has 1 rings (SSSR count). The van der Waals surface area contributed by atoms with Crippen molar-refractivity contribution in [2.75, 3.05) is 18.1 Å². The fraction of sp³-hybridized carbons (Fsp3) is 0.455. The molecular weight excluding hydrogens is 196 g/mol. The van der Waals surface area contributed by atoms with Gasteiger partial charge >= 0.3 is 0 Å². The van der Waals surface area contributed by atoms with Gasteiger partial charge in [-0.3, -0.25) is 4.21 Å². The Morgan fingerprint density at radius 2 is 1.86 bits per heavy atom. The summed E-state index contributed by atoms with van der Waals surface area (Å²) in [7, 11) is -0.844. The number of hydrogen-bond donors (Lipinski definition) is 1. The average Bonchev–Trinajstić information content (AvgIpc) is 2.20. The van der Waals surface area contributed by atoms with E-state index in [-0.39, 0.29) is 6.61 Å². The van der Waals surface area contributed by atoms with Gasteiger partial charge in [0.2, 0.25) is 0 Å². The first kappa shape index (κ1) is 11.4. The fourth-order valence-electron chi connectivity index (χ4n) is 1.29. The number of hydrogen-bond acceptors (Lipinski definition) is 2. The smallest absolute Gasteiger partial charge is 0.0546 e. The fourth-order valence-corrected chi connectivity index (χ4v) is 2.16. The summed E-state index contributed by atoms with van der Waals surface area (Å²) in [6.07, 6.45) is 1.90. The van der Waals surface area contributed by atoms with E-state index in [0.717, 1.165) is 12.8 Å². The van der Waals surface area contributed by atoms with Crippen molar-refractivity contribution in [3.05, 3.63) is 35.9 Å². The number of aliphatic hydroxyl groups excluding tert-OH is 1. The normalized spacial score (nSPS) is 12.6. The third-order valence-corrected chi connectivity index (χ3v) is 3.38. The molecule has 0 bridgehead atoms. The molecule has 78 valence electrons. The van der Waals surface area contributed by atoms with Crippen LogP contribution in [0.4, 0.5) is 0 Å². The van der Waals surface area contributed by atoms with Crippen LogP contribution >= 0.6 is 0 Å². The summed E-state index contributed by atoms with van der Waals surface area (Å²) in [5.74, 6) is 1.10. The summed E-state index contributed by atoms with van der Waals surface area (Å²) in [6, 6.07) is 10.2. The van der Waals surface area contributed by atoms with Gasteiger partial charge in [-0.05, 0) is 18.4 Å². The first-order valence-electron chi connectivity index (χ1n) is 4.82. The Bertz CT molecular complexity index is 272. The van der Waals surface area contributed by atoms with E-state index in [0.29, 0.717) is 11.5 Å². The number of aliphatic hydroxyl groups is 1. The van der Waals surface area contributed by atoms with Crippen molar-refractivity contribution in [2.24, 2.45) is 0 Å². The number of aryl methyl sites for hydroxylation is 1. The Labute approximate surface area is 87.4 Å². The van der Waals surface area contributed by atoms with E-state index in [1.54, 1.807) is 0 Å². The quantitative estimate of drug-likeness (QED) is 0.773. The van der Waals surface area contributed by atoms with Crippen LogP contribution in [-0.2, 0) is 17.2 Å². The van der Waals surface area contributed by atoms with Crippen LogP contribution in [0.3, 0.4) is 0 Å². The van der Waals surface area contributed by atoms with Crippen molar-refractivity contribution in [3.63, 3.8) is 0 Å². The van der Waals surface area contributed by atoms with Gasteiger partial charge in [-0.1, -0.05) is 30.3 Å². The van der Waals surface area contributed by atoms with Crippen LogP contribution in [0.5, 0.6) is 0 Å². The molecule has 1 aromatic carbocycles. The van der Waals surface area contributed by atoms with Crippen molar-refractivity contribution >= 4 is 10.8 Å². The molecule has 3 heteroatoms. The highest BCUT2D eigenvalue weighted by Crippen LogP contribution is 2.02. The highest BCUT2D eigenvalue weighted by atomic mass is 32.2. The van der Waals surface area contributed by atoms with Gasteiger partial charge in [-0.25, -0.2) is 0 Å². The maximum atomic E-state index is 11.2. The van der Waals surface area contributed by atoms with Gasteiger partial charge in [0.25, 0.3) is 0 Å². The van der Waals surface area contributed by atoms with E-state index >= 15 is 0 Å². The van der Waals surface area contributed by atoms with E-state index < -0.39 is 10.8 Å². The van der Waals surface area contributed by atoms with Crippen LogP contribution in [0.1, 0.15) is 12.0 Å².